The van der Waals surface area contributed by atoms with Gasteiger partial charge in [0.2, 0.25) is 0 Å². The fraction of sp³-hybridized carbons (Fsp3) is 0.214. The highest BCUT2D eigenvalue weighted by molar-refractivity contribution is 6.02. The molecule has 0 bridgehead atoms. The molecule has 0 spiro atoms. The van der Waals surface area contributed by atoms with E-state index >= 15 is 0 Å². The minimum Gasteiger partial charge on any atom is -0.370 e. The van der Waals surface area contributed by atoms with Gasteiger partial charge in [0.05, 0.1) is 5.56 Å². The number of ketones is 1. The van der Waals surface area contributed by atoms with Crippen LogP contribution >= 0.6 is 0 Å². The molecule has 6 heteroatoms. The average Bonchev–Trinajstić information content (AvgIpc) is 2.88. The van der Waals surface area contributed by atoms with Crippen molar-refractivity contribution in [2.45, 2.75) is 6.18 Å². The summed E-state index contributed by atoms with van der Waals surface area (Å²) in [6, 6.07) is 4.63. The number of carbonyl (C=O) groups is 1. The molecule has 2 rings (SSSR count). The molecule has 2 N–H and O–H groups in total. The first-order chi connectivity index (χ1) is 9.45. The number of nitrogens with one attached hydrogen (secondary N) is 2. The molecule has 0 aromatic heterocycles. The number of rotatable bonds is 3. The molecule has 0 radical (unpaired) electrons. The number of carbonyl (C=O) groups excluding carboxylic acids is 1. The van der Waals surface area contributed by atoms with E-state index in [9.17, 15) is 18.0 Å². The summed E-state index contributed by atoms with van der Waals surface area (Å²) in [7, 11) is 0. The summed E-state index contributed by atoms with van der Waals surface area (Å²) in [5.74, 6) is 0.425. The van der Waals surface area contributed by atoms with Crippen LogP contribution in [0.1, 0.15) is 11.1 Å². The lowest BCUT2D eigenvalue weighted by molar-refractivity contribution is -0.137. The smallest absolute Gasteiger partial charge is 0.370 e. The fourth-order valence-corrected chi connectivity index (χ4v) is 1.71. The maximum Gasteiger partial charge on any atom is 0.416 e. The highest BCUT2D eigenvalue weighted by Gasteiger charge is 2.29. The van der Waals surface area contributed by atoms with Gasteiger partial charge in [0.25, 0.3) is 0 Å². The second kappa shape index (κ2) is 5.81. The van der Waals surface area contributed by atoms with Crippen LogP contribution in [-0.2, 0) is 11.0 Å². The average molecular weight is 282 g/mol. The highest BCUT2D eigenvalue weighted by Crippen LogP contribution is 2.29. The van der Waals surface area contributed by atoms with Gasteiger partial charge >= 0.3 is 6.18 Å². The van der Waals surface area contributed by atoms with E-state index in [1.54, 1.807) is 0 Å². The van der Waals surface area contributed by atoms with Gasteiger partial charge in [-0.3, -0.25) is 4.79 Å². The van der Waals surface area contributed by atoms with Gasteiger partial charge in [-0.15, -0.1) is 0 Å². The third-order valence-corrected chi connectivity index (χ3v) is 2.72. The van der Waals surface area contributed by atoms with E-state index in [0.717, 1.165) is 25.2 Å². The van der Waals surface area contributed by atoms with E-state index in [0.29, 0.717) is 11.4 Å². The molecule has 106 valence electrons. The summed E-state index contributed by atoms with van der Waals surface area (Å²) in [6.07, 6.45) is -0.137. The third kappa shape index (κ3) is 3.88. The predicted molar refractivity (Wildman–Crippen MR) is 69.6 cm³/mol. The minimum atomic E-state index is -4.34. The molecule has 1 heterocycles. The lowest BCUT2D eigenvalue weighted by Crippen LogP contribution is -2.11. The lowest BCUT2D eigenvalue weighted by atomic mass is 10.1. The first kappa shape index (κ1) is 14.2. The van der Waals surface area contributed by atoms with Crippen molar-refractivity contribution in [1.29, 1.82) is 0 Å². The topological polar surface area (TPSA) is 41.1 Å². The van der Waals surface area contributed by atoms with Crippen LogP contribution in [0.15, 0.2) is 42.2 Å². The van der Waals surface area contributed by atoms with Crippen molar-refractivity contribution in [2.24, 2.45) is 0 Å². The Balaban J connectivity index is 2.00. The van der Waals surface area contributed by atoms with Crippen molar-refractivity contribution >= 4 is 11.9 Å². The SMILES string of the molecule is O=C(C=C1NCCN1)/C=C/c1ccc(C(F)(F)F)cc1. The highest BCUT2D eigenvalue weighted by atomic mass is 19.4. The summed E-state index contributed by atoms with van der Waals surface area (Å²) in [5, 5.41) is 5.96. The summed E-state index contributed by atoms with van der Waals surface area (Å²) >= 11 is 0. The summed E-state index contributed by atoms with van der Waals surface area (Å²) in [6.45, 7) is 1.53. The van der Waals surface area contributed by atoms with Crippen molar-refractivity contribution in [3.8, 4) is 0 Å². The van der Waals surface area contributed by atoms with Crippen molar-refractivity contribution in [3.63, 3.8) is 0 Å². The van der Waals surface area contributed by atoms with Gasteiger partial charge in [-0.05, 0) is 23.8 Å². The Morgan fingerprint density at radius 1 is 1.10 bits per heavy atom. The fourth-order valence-electron chi connectivity index (χ4n) is 1.71. The van der Waals surface area contributed by atoms with Gasteiger partial charge in [-0.25, -0.2) is 0 Å². The van der Waals surface area contributed by atoms with E-state index in [-0.39, 0.29) is 5.78 Å². The largest absolute Gasteiger partial charge is 0.416 e. The molecule has 3 nitrogen and oxygen atoms in total. The molecule has 1 aliphatic rings. The van der Waals surface area contributed by atoms with E-state index in [1.807, 2.05) is 0 Å². The van der Waals surface area contributed by atoms with Crippen LogP contribution in [0.3, 0.4) is 0 Å². The van der Waals surface area contributed by atoms with Crippen LogP contribution in [-0.4, -0.2) is 18.9 Å². The molecule has 1 aromatic rings. The van der Waals surface area contributed by atoms with Crippen molar-refractivity contribution in [3.05, 3.63) is 53.4 Å². The molecule has 0 saturated carbocycles. The molecule has 1 aromatic carbocycles. The van der Waals surface area contributed by atoms with Crippen LogP contribution in [0, 0.1) is 0 Å². The monoisotopic (exact) mass is 282 g/mol. The standard InChI is InChI=1S/C14H13F3N2O/c15-14(16,17)11-4-1-10(2-5-11)3-6-12(20)9-13-18-7-8-19-13/h1-6,9,18-19H,7-8H2/b6-3+. The number of alkyl halides is 3. The molecule has 0 aliphatic carbocycles. The van der Waals surface area contributed by atoms with Crippen LogP contribution in [0.5, 0.6) is 0 Å². The molecular formula is C14H13F3N2O. The zero-order valence-electron chi connectivity index (χ0n) is 10.5. The van der Waals surface area contributed by atoms with Crippen LogP contribution in [0.2, 0.25) is 0 Å². The minimum absolute atomic E-state index is 0.234. The summed E-state index contributed by atoms with van der Waals surface area (Å²) in [5.41, 5.74) is -0.167. The van der Waals surface area contributed by atoms with Crippen LogP contribution < -0.4 is 10.6 Å². The zero-order chi connectivity index (χ0) is 14.6. The molecule has 0 amide bonds. The maximum absolute atomic E-state index is 12.4. The Kier molecular flexibility index (Phi) is 4.12. The Morgan fingerprint density at radius 3 is 2.25 bits per heavy atom. The summed E-state index contributed by atoms with van der Waals surface area (Å²) in [4.78, 5) is 11.6. The Bertz CT molecular complexity index is 537. The van der Waals surface area contributed by atoms with E-state index in [1.165, 1.54) is 30.4 Å². The van der Waals surface area contributed by atoms with Crippen LogP contribution in [0.4, 0.5) is 13.2 Å². The molecule has 1 fully saturated rings. The third-order valence-electron chi connectivity index (χ3n) is 2.72. The van der Waals surface area contributed by atoms with E-state index in [4.69, 9.17) is 0 Å². The van der Waals surface area contributed by atoms with Gasteiger partial charge in [0.1, 0.15) is 5.82 Å². The number of benzene rings is 1. The Hall–Kier alpha value is -2.24. The molecule has 20 heavy (non-hydrogen) atoms. The first-order valence-electron chi connectivity index (χ1n) is 6.04. The molecular weight excluding hydrogens is 269 g/mol. The normalized spacial score (nSPS) is 15.1. The Labute approximate surface area is 114 Å². The number of hydrogen-bond acceptors (Lipinski definition) is 3. The van der Waals surface area contributed by atoms with E-state index in [2.05, 4.69) is 10.6 Å². The predicted octanol–water partition coefficient (Wildman–Crippen LogP) is 2.32. The second-order valence-electron chi connectivity index (χ2n) is 4.27. The van der Waals surface area contributed by atoms with E-state index < -0.39 is 11.7 Å². The van der Waals surface area contributed by atoms with Crippen molar-refractivity contribution in [1.82, 2.24) is 10.6 Å². The number of hydrogen-bond donors (Lipinski definition) is 2. The van der Waals surface area contributed by atoms with Gasteiger partial charge in [-0.2, -0.15) is 13.2 Å². The second-order valence-corrected chi connectivity index (χ2v) is 4.27. The quantitative estimate of drug-likeness (QED) is 0.836. The Morgan fingerprint density at radius 2 is 1.70 bits per heavy atom. The lowest BCUT2D eigenvalue weighted by Gasteiger charge is -2.05. The van der Waals surface area contributed by atoms with Crippen molar-refractivity contribution < 1.29 is 18.0 Å². The molecule has 0 unspecified atom stereocenters. The van der Waals surface area contributed by atoms with Crippen molar-refractivity contribution in [2.75, 3.05) is 13.1 Å². The van der Waals surface area contributed by atoms with Gasteiger partial charge in [0.15, 0.2) is 5.78 Å². The van der Waals surface area contributed by atoms with Gasteiger partial charge in [0, 0.05) is 19.2 Å². The van der Waals surface area contributed by atoms with Crippen LogP contribution in [0.25, 0.3) is 6.08 Å². The maximum atomic E-state index is 12.4. The first-order valence-corrected chi connectivity index (χ1v) is 6.04. The molecule has 1 aliphatic heterocycles. The van der Waals surface area contributed by atoms with Gasteiger partial charge < -0.3 is 10.6 Å². The molecule has 1 saturated heterocycles. The van der Waals surface area contributed by atoms with Gasteiger partial charge in [-0.1, -0.05) is 18.2 Å². The number of allylic oxidation sites excluding steroid dienone is 2. The zero-order valence-corrected chi connectivity index (χ0v) is 10.5. The number of halogens is 3. The summed E-state index contributed by atoms with van der Waals surface area (Å²) < 4.78 is 37.1. The molecule has 0 atom stereocenters.